The van der Waals surface area contributed by atoms with Gasteiger partial charge < -0.3 is 9.84 Å². The molecule has 0 bridgehead atoms. The van der Waals surface area contributed by atoms with Gasteiger partial charge in [0.2, 0.25) is 5.88 Å². The second kappa shape index (κ2) is 5.63. The Labute approximate surface area is 120 Å². The van der Waals surface area contributed by atoms with Gasteiger partial charge in [0.15, 0.2) is 0 Å². The molecule has 0 unspecified atom stereocenters. The van der Waals surface area contributed by atoms with Crippen molar-refractivity contribution in [2.24, 2.45) is 0 Å². The summed E-state index contributed by atoms with van der Waals surface area (Å²) in [4.78, 5) is 4.23. The number of hydrogen-bond acceptors (Lipinski definition) is 3. The lowest BCUT2D eigenvalue weighted by Crippen LogP contribution is -2.10. The summed E-state index contributed by atoms with van der Waals surface area (Å²) in [6.07, 6.45) is 1.63. The molecular formula is C17H21NO2. The van der Waals surface area contributed by atoms with Crippen molar-refractivity contribution in [3.63, 3.8) is 0 Å². The zero-order valence-corrected chi connectivity index (χ0v) is 12.5. The number of nitrogens with zero attached hydrogens (tertiary/aromatic N) is 1. The number of ether oxygens (including phenoxy) is 1. The minimum atomic E-state index is -0.00556. The van der Waals surface area contributed by atoms with E-state index in [-0.39, 0.29) is 12.0 Å². The zero-order chi connectivity index (χ0) is 14.8. The molecule has 1 N–H and O–H groups in total. The Bertz CT molecular complexity index is 583. The Balaban J connectivity index is 2.18. The van der Waals surface area contributed by atoms with E-state index in [0.717, 1.165) is 16.9 Å². The summed E-state index contributed by atoms with van der Waals surface area (Å²) in [5, 5.41) is 9.07. The third kappa shape index (κ3) is 3.36. The quantitative estimate of drug-likeness (QED) is 0.918. The number of aryl methyl sites for hydroxylation is 1. The van der Waals surface area contributed by atoms with Crippen molar-refractivity contribution in [3.05, 3.63) is 53.2 Å². The van der Waals surface area contributed by atoms with Crippen molar-refractivity contribution in [2.45, 2.75) is 39.7 Å². The third-order valence-corrected chi connectivity index (χ3v) is 3.20. The van der Waals surface area contributed by atoms with Crippen LogP contribution in [0.5, 0.6) is 11.6 Å². The molecule has 0 atom stereocenters. The fourth-order valence-electron chi connectivity index (χ4n) is 1.95. The lowest BCUT2D eigenvalue weighted by molar-refractivity contribution is 0.281. The summed E-state index contributed by atoms with van der Waals surface area (Å²) in [5.41, 5.74) is 3.11. The Morgan fingerprint density at radius 2 is 1.80 bits per heavy atom. The Morgan fingerprint density at radius 1 is 1.15 bits per heavy atom. The van der Waals surface area contributed by atoms with Crippen LogP contribution in [0.2, 0.25) is 0 Å². The number of aliphatic hydroxyl groups is 1. The molecule has 0 aliphatic heterocycles. The van der Waals surface area contributed by atoms with E-state index in [2.05, 4.69) is 37.9 Å². The first kappa shape index (κ1) is 14.5. The summed E-state index contributed by atoms with van der Waals surface area (Å²) >= 11 is 0. The molecule has 0 fully saturated rings. The van der Waals surface area contributed by atoms with Crippen molar-refractivity contribution < 1.29 is 9.84 Å². The van der Waals surface area contributed by atoms with Gasteiger partial charge in [-0.25, -0.2) is 4.98 Å². The molecule has 0 saturated carbocycles. The summed E-state index contributed by atoms with van der Waals surface area (Å²) in [6.45, 7) is 8.46. The lowest BCUT2D eigenvalue weighted by atomic mass is 9.87. The van der Waals surface area contributed by atoms with Crippen LogP contribution in [0.4, 0.5) is 0 Å². The summed E-state index contributed by atoms with van der Waals surface area (Å²) < 4.78 is 5.78. The van der Waals surface area contributed by atoms with E-state index >= 15 is 0 Å². The first-order valence-corrected chi connectivity index (χ1v) is 6.75. The Hall–Kier alpha value is -1.87. The van der Waals surface area contributed by atoms with Gasteiger partial charge in [0.05, 0.1) is 6.61 Å². The molecule has 2 aromatic rings. The third-order valence-electron chi connectivity index (χ3n) is 3.20. The van der Waals surface area contributed by atoms with Gasteiger partial charge in [-0.15, -0.1) is 0 Å². The number of aromatic nitrogens is 1. The molecule has 0 radical (unpaired) electrons. The van der Waals surface area contributed by atoms with Gasteiger partial charge in [-0.1, -0.05) is 32.9 Å². The summed E-state index contributed by atoms with van der Waals surface area (Å²) in [5.74, 6) is 1.34. The highest BCUT2D eigenvalue weighted by atomic mass is 16.5. The van der Waals surface area contributed by atoms with E-state index in [1.54, 1.807) is 6.20 Å². The highest BCUT2D eigenvalue weighted by molar-refractivity contribution is 5.36. The van der Waals surface area contributed by atoms with E-state index < -0.39 is 0 Å². The molecule has 1 aromatic heterocycles. The first-order chi connectivity index (χ1) is 9.40. The van der Waals surface area contributed by atoms with Crippen LogP contribution >= 0.6 is 0 Å². The molecule has 3 heteroatoms. The molecular weight excluding hydrogens is 250 g/mol. The molecule has 0 spiro atoms. The van der Waals surface area contributed by atoms with E-state index in [9.17, 15) is 0 Å². The largest absolute Gasteiger partial charge is 0.439 e. The maximum absolute atomic E-state index is 9.07. The van der Waals surface area contributed by atoms with Crippen molar-refractivity contribution in [3.8, 4) is 11.6 Å². The molecule has 2 rings (SSSR count). The van der Waals surface area contributed by atoms with Gasteiger partial charge in [0.25, 0.3) is 0 Å². The van der Waals surface area contributed by atoms with Gasteiger partial charge in [0, 0.05) is 11.8 Å². The first-order valence-electron chi connectivity index (χ1n) is 6.75. The van der Waals surface area contributed by atoms with E-state index in [1.165, 1.54) is 5.56 Å². The maximum Gasteiger partial charge on any atom is 0.222 e. The maximum atomic E-state index is 9.07. The SMILES string of the molecule is Cc1cc(CO)cnc1Oc1ccc(C(C)(C)C)cc1. The van der Waals surface area contributed by atoms with Gasteiger partial charge in [-0.3, -0.25) is 0 Å². The molecule has 0 aliphatic rings. The number of rotatable bonds is 3. The molecule has 0 saturated heterocycles. The molecule has 20 heavy (non-hydrogen) atoms. The predicted octanol–water partition coefficient (Wildman–Crippen LogP) is 3.97. The van der Waals surface area contributed by atoms with Gasteiger partial charge in [-0.05, 0) is 41.7 Å². The molecule has 1 aromatic carbocycles. The highest BCUT2D eigenvalue weighted by Gasteiger charge is 2.13. The van der Waals surface area contributed by atoms with Crippen LogP contribution in [0.3, 0.4) is 0 Å². The molecule has 0 amide bonds. The second-order valence-electron chi connectivity index (χ2n) is 6.00. The second-order valence-corrected chi connectivity index (χ2v) is 6.00. The summed E-state index contributed by atoms with van der Waals surface area (Å²) in [7, 11) is 0. The normalized spacial score (nSPS) is 11.4. The fourth-order valence-corrected chi connectivity index (χ4v) is 1.95. The average Bonchev–Trinajstić information content (AvgIpc) is 2.40. The minimum absolute atomic E-state index is 0.00556. The van der Waals surface area contributed by atoms with Crippen molar-refractivity contribution in [1.29, 1.82) is 0 Å². The number of benzene rings is 1. The smallest absolute Gasteiger partial charge is 0.222 e. The van der Waals surface area contributed by atoms with Crippen molar-refractivity contribution in [1.82, 2.24) is 4.98 Å². The van der Waals surface area contributed by atoms with Crippen LogP contribution in [0.1, 0.15) is 37.5 Å². The van der Waals surface area contributed by atoms with Crippen LogP contribution in [0.25, 0.3) is 0 Å². The standard InChI is InChI=1S/C17H21NO2/c1-12-9-13(11-19)10-18-16(12)20-15-7-5-14(6-8-15)17(2,3)4/h5-10,19H,11H2,1-4H3. The Morgan fingerprint density at radius 3 is 2.30 bits per heavy atom. The predicted molar refractivity (Wildman–Crippen MR) is 80.1 cm³/mol. The van der Waals surface area contributed by atoms with Crippen LogP contribution in [0, 0.1) is 6.92 Å². The Kier molecular flexibility index (Phi) is 4.09. The van der Waals surface area contributed by atoms with Crippen LogP contribution in [-0.2, 0) is 12.0 Å². The van der Waals surface area contributed by atoms with Crippen LogP contribution in [-0.4, -0.2) is 10.1 Å². The van der Waals surface area contributed by atoms with Crippen molar-refractivity contribution in [2.75, 3.05) is 0 Å². The number of hydrogen-bond donors (Lipinski definition) is 1. The van der Waals surface area contributed by atoms with E-state index in [0.29, 0.717) is 5.88 Å². The highest BCUT2D eigenvalue weighted by Crippen LogP contribution is 2.27. The zero-order valence-electron chi connectivity index (χ0n) is 12.5. The van der Waals surface area contributed by atoms with Gasteiger partial charge in [0.1, 0.15) is 5.75 Å². The molecule has 3 nitrogen and oxygen atoms in total. The van der Waals surface area contributed by atoms with Gasteiger partial charge in [-0.2, -0.15) is 0 Å². The van der Waals surface area contributed by atoms with E-state index in [4.69, 9.17) is 9.84 Å². The molecule has 106 valence electrons. The lowest BCUT2D eigenvalue weighted by Gasteiger charge is -2.19. The fraction of sp³-hybridized carbons (Fsp3) is 0.353. The monoisotopic (exact) mass is 271 g/mol. The summed E-state index contributed by atoms with van der Waals surface area (Å²) in [6, 6.07) is 9.95. The molecule has 0 aliphatic carbocycles. The average molecular weight is 271 g/mol. The van der Waals surface area contributed by atoms with Crippen LogP contribution in [0.15, 0.2) is 36.5 Å². The minimum Gasteiger partial charge on any atom is -0.439 e. The van der Waals surface area contributed by atoms with E-state index in [1.807, 2.05) is 25.1 Å². The van der Waals surface area contributed by atoms with Gasteiger partial charge >= 0.3 is 0 Å². The number of pyridine rings is 1. The topological polar surface area (TPSA) is 42.4 Å². The molecule has 1 heterocycles. The van der Waals surface area contributed by atoms with Crippen molar-refractivity contribution >= 4 is 0 Å². The number of aliphatic hydroxyl groups excluding tert-OH is 1. The van der Waals surface area contributed by atoms with Crippen LogP contribution < -0.4 is 4.74 Å².